The molecule has 11 nitrogen and oxygen atoms in total. The number of anilines is 2. The Morgan fingerprint density at radius 1 is 1.12 bits per heavy atom. The molecule has 0 atom stereocenters. The highest BCUT2D eigenvalue weighted by molar-refractivity contribution is 6.33. The Kier molecular flexibility index (Phi) is 9.08. The van der Waals surface area contributed by atoms with Crippen LogP contribution in [0, 0.1) is 10.1 Å². The van der Waals surface area contributed by atoms with Gasteiger partial charge in [0.15, 0.2) is 0 Å². The first-order valence-electron chi connectivity index (χ1n) is 12.6. The van der Waals surface area contributed by atoms with Gasteiger partial charge in [0, 0.05) is 75.1 Å². The van der Waals surface area contributed by atoms with Crippen molar-refractivity contribution in [2.75, 3.05) is 58.8 Å². The predicted octanol–water partition coefficient (Wildman–Crippen LogP) is 5.21. The van der Waals surface area contributed by atoms with Crippen molar-refractivity contribution in [2.45, 2.75) is 7.43 Å². The molecule has 0 spiro atoms. The van der Waals surface area contributed by atoms with Crippen LogP contribution in [0.3, 0.4) is 0 Å². The first kappa shape index (κ1) is 29.1. The van der Waals surface area contributed by atoms with E-state index in [1.807, 2.05) is 36.0 Å². The number of halogens is 1. The average Bonchev–Trinajstić information content (AvgIpc) is 3.26. The number of piperazine rings is 1. The van der Waals surface area contributed by atoms with Crippen molar-refractivity contribution >= 4 is 39.8 Å². The topological polar surface area (TPSA) is 111 Å². The van der Waals surface area contributed by atoms with E-state index in [-0.39, 0.29) is 19.1 Å². The van der Waals surface area contributed by atoms with Crippen molar-refractivity contribution in [3.63, 3.8) is 0 Å². The van der Waals surface area contributed by atoms with E-state index in [1.54, 1.807) is 0 Å². The summed E-state index contributed by atoms with van der Waals surface area (Å²) >= 11 is 6.54. The van der Waals surface area contributed by atoms with Gasteiger partial charge in [-0.25, -0.2) is 9.97 Å². The molecule has 212 valence electrons. The molecule has 2 aromatic heterocycles. The largest absolute Gasteiger partial charge is 0.495 e. The van der Waals surface area contributed by atoms with Crippen LogP contribution in [0.4, 0.5) is 17.3 Å². The summed E-state index contributed by atoms with van der Waals surface area (Å²) in [5.41, 5.74) is 2.64. The highest BCUT2D eigenvalue weighted by Gasteiger charge is 2.18. The molecule has 0 radical (unpaired) electrons. The lowest BCUT2D eigenvalue weighted by Crippen LogP contribution is -2.45. The fraction of sp³-hybridized carbons (Fsp3) is 0.357. The number of hydrogen-bond acceptors (Lipinski definition) is 9. The number of likely N-dealkylation sites (N-methyl/N-ethyl adjacent to an activating group) is 1. The third-order valence-corrected chi connectivity index (χ3v) is 7.15. The predicted molar refractivity (Wildman–Crippen MR) is 158 cm³/mol. The van der Waals surface area contributed by atoms with Gasteiger partial charge >= 0.3 is 0 Å². The third-order valence-electron chi connectivity index (χ3n) is 6.87. The molecule has 1 saturated heterocycles. The van der Waals surface area contributed by atoms with Gasteiger partial charge in [0.2, 0.25) is 5.95 Å². The Labute approximate surface area is 238 Å². The Morgan fingerprint density at radius 2 is 1.90 bits per heavy atom. The number of nitro benzene ring substituents is 1. The average molecular weight is 568 g/mol. The van der Waals surface area contributed by atoms with E-state index in [1.165, 1.54) is 31.5 Å². The highest BCUT2D eigenvalue weighted by Crippen LogP contribution is 2.36. The number of non-ortho nitro benzene ring substituents is 1. The Morgan fingerprint density at radius 3 is 2.62 bits per heavy atom. The van der Waals surface area contributed by atoms with E-state index in [0.29, 0.717) is 28.8 Å². The van der Waals surface area contributed by atoms with Crippen LogP contribution in [-0.2, 0) is 7.05 Å². The van der Waals surface area contributed by atoms with Crippen molar-refractivity contribution in [3.8, 4) is 22.8 Å². The monoisotopic (exact) mass is 567 g/mol. The van der Waals surface area contributed by atoms with Gasteiger partial charge in [-0.3, -0.25) is 15.0 Å². The summed E-state index contributed by atoms with van der Waals surface area (Å²) < 4.78 is 13.4. The van der Waals surface area contributed by atoms with E-state index < -0.39 is 4.92 Å². The van der Waals surface area contributed by atoms with E-state index in [2.05, 4.69) is 32.1 Å². The molecular formula is C28H34ClN7O4. The minimum atomic E-state index is -0.473. The number of benzene rings is 2. The standard InChI is InChI=1S/C27H30ClN7O4.CH4/c1-32-8-10-34(11-9-32)12-13-39-19-5-6-20-21(17-33(2)24(20)15-19)26-22(28)16-29-27(31-26)30-23-14-18(35(36)37)4-7-25(23)38-3;/h4-7,14-17H,8-13H2,1-3H3,(H,29,30,31);1H4. The van der Waals surface area contributed by atoms with Crippen LogP contribution in [-0.4, -0.2) is 82.7 Å². The zero-order chi connectivity index (χ0) is 27.5. The molecule has 40 heavy (non-hydrogen) atoms. The summed E-state index contributed by atoms with van der Waals surface area (Å²) in [7, 11) is 5.60. The molecule has 1 fully saturated rings. The zero-order valence-corrected chi connectivity index (χ0v) is 22.8. The van der Waals surface area contributed by atoms with Crippen LogP contribution in [0.2, 0.25) is 5.02 Å². The van der Waals surface area contributed by atoms with Gasteiger partial charge in [-0.1, -0.05) is 19.0 Å². The summed E-state index contributed by atoms with van der Waals surface area (Å²) in [5, 5.41) is 15.6. The second-order valence-electron chi connectivity index (χ2n) is 9.48. The van der Waals surface area contributed by atoms with Gasteiger partial charge in [0.1, 0.15) is 18.1 Å². The van der Waals surface area contributed by atoms with Crippen LogP contribution in [0.15, 0.2) is 48.8 Å². The summed E-state index contributed by atoms with van der Waals surface area (Å²) in [6.07, 6.45) is 3.47. The lowest BCUT2D eigenvalue weighted by atomic mass is 10.1. The van der Waals surface area contributed by atoms with E-state index in [4.69, 9.17) is 21.1 Å². The van der Waals surface area contributed by atoms with E-state index in [9.17, 15) is 10.1 Å². The maximum atomic E-state index is 11.3. The minimum absolute atomic E-state index is 0. The second-order valence-corrected chi connectivity index (χ2v) is 9.89. The summed E-state index contributed by atoms with van der Waals surface area (Å²) in [4.78, 5) is 24.5. The zero-order valence-electron chi connectivity index (χ0n) is 22.1. The maximum Gasteiger partial charge on any atom is 0.271 e. The molecule has 0 bridgehead atoms. The van der Waals surface area contributed by atoms with E-state index in [0.717, 1.165) is 54.9 Å². The Balaban J connectivity index is 0.00000370. The van der Waals surface area contributed by atoms with Crippen molar-refractivity contribution in [1.29, 1.82) is 0 Å². The van der Waals surface area contributed by atoms with E-state index >= 15 is 0 Å². The van der Waals surface area contributed by atoms with Crippen LogP contribution in [0.25, 0.3) is 22.2 Å². The molecule has 3 heterocycles. The van der Waals surface area contributed by atoms with Gasteiger partial charge in [-0.2, -0.15) is 0 Å². The number of nitro groups is 1. The fourth-order valence-electron chi connectivity index (χ4n) is 4.65. The molecule has 0 saturated carbocycles. The number of nitrogens with zero attached hydrogens (tertiary/aromatic N) is 6. The number of nitrogens with one attached hydrogen (secondary N) is 1. The normalized spacial score (nSPS) is 14.1. The quantitative estimate of drug-likeness (QED) is 0.215. The van der Waals surface area contributed by atoms with Crippen LogP contribution >= 0.6 is 11.6 Å². The molecule has 0 unspecified atom stereocenters. The number of fused-ring (bicyclic) bond motifs is 1. The number of ether oxygens (including phenoxy) is 2. The molecule has 0 amide bonds. The fourth-order valence-corrected chi connectivity index (χ4v) is 4.84. The van der Waals surface area contributed by atoms with Gasteiger partial charge in [-0.15, -0.1) is 0 Å². The molecule has 1 N–H and O–H groups in total. The minimum Gasteiger partial charge on any atom is -0.495 e. The van der Waals surface area contributed by atoms with Crippen LogP contribution in [0.5, 0.6) is 11.5 Å². The summed E-state index contributed by atoms with van der Waals surface area (Å²) in [5.74, 6) is 1.46. The SMILES string of the molecule is C.COc1ccc([N+](=O)[O-])cc1Nc1ncc(Cl)c(-c2cn(C)c3cc(OCCN4CCN(C)CC4)ccc23)n1. The molecule has 4 aromatic rings. The maximum absolute atomic E-state index is 11.3. The van der Waals surface area contributed by atoms with Crippen molar-refractivity contribution in [1.82, 2.24) is 24.3 Å². The van der Waals surface area contributed by atoms with Crippen LogP contribution < -0.4 is 14.8 Å². The van der Waals surface area contributed by atoms with Crippen molar-refractivity contribution in [2.24, 2.45) is 7.05 Å². The number of hydrogen-bond donors (Lipinski definition) is 1. The first-order valence-corrected chi connectivity index (χ1v) is 13.0. The lowest BCUT2D eigenvalue weighted by Gasteiger charge is -2.32. The summed E-state index contributed by atoms with van der Waals surface area (Å²) in [6, 6.07) is 10.2. The number of methoxy groups -OCH3 is 1. The van der Waals surface area contributed by atoms with Gasteiger partial charge < -0.3 is 24.3 Å². The van der Waals surface area contributed by atoms with Gasteiger partial charge in [0.25, 0.3) is 5.69 Å². The molecule has 0 aliphatic carbocycles. The Hall–Kier alpha value is -3.93. The molecular weight excluding hydrogens is 534 g/mol. The number of aromatic nitrogens is 3. The number of rotatable bonds is 9. The first-order chi connectivity index (χ1) is 18.8. The third kappa shape index (κ3) is 6.27. The number of aryl methyl sites for hydroxylation is 1. The second kappa shape index (κ2) is 12.5. The molecule has 5 rings (SSSR count). The smallest absolute Gasteiger partial charge is 0.271 e. The summed E-state index contributed by atoms with van der Waals surface area (Å²) in [6.45, 7) is 5.81. The van der Waals surface area contributed by atoms with Crippen molar-refractivity contribution in [3.05, 3.63) is 63.9 Å². The molecule has 1 aliphatic rings. The molecule has 12 heteroatoms. The highest BCUT2D eigenvalue weighted by atomic mass is 35.5. The van der Waals surface area contributed by atoms with Crippen molar-refractivity contribution < 1.29 is 14.4 Å². The van der Waals surface area contributed by atoms with Gasteiger partial charge in [0.05, 0.1) is 40.2 Å². The molecule has 1 aliphatic heterocycles. The lowest BCUT2D eigenvalue weighted by molar-refractivity contribution is -0.384. The van der Waals surface area contributed by atoms with Gasteiger partial charge in [-0.05, 0) is 25.2 Å². The van der Waals surface area contributed by atoms with Crippen LogP contribution in [0.1, 0.15) is 7.43 Å². The molecule has 2 aromatic carbocycles. The Bertz CT molecular complexity index is 1500.